The molecule has 0 unspecified atom stereocenters. The standard InChI is InChI=1S/C8H9N3O.ClH/c1-2-8(12)11-7-3-4-9-5-6-10-7;/h2-6,10H,1H2,(H,11,12);1H. The van der Waals surface area contributed by atoms with Gasteiger partial charge in [-0.2, -0.15) is 0 Å². The lowest BCUT2D eigenvalue weighted by molar-refractivity contribution is -0.115. The Bertz CT molecular complexity index is 281. The summed E-state index contributed by atoms with van der Waals surface area (Å²) in [5.41, 5.74) is 0. The van der Waals surface area contributed by atoms with Gasteiger partial charge in [0.05, 0.1) is 0 Å². The highest BCUT2D eigenvalue weighted by Gasteiger charge is 1.97. The Kier molecular flexibility index (Phi) is 5.30. The maximum Gasteiger partial charge on any atom is 0.248 e. The first-order valence-electron chi connectivity index (χ1n) is 3.41. The molecule has 0 aromatic carbocycles. The number of rotatable bonds is 2. The highest BCUT2D eigenvalue weighted by molar-refractivity contribution is 5.89. The Balaban J connectivity index is 0.00000144. The molecule has 13 heavy (non-hydrogen) atoms. The zero-order valence-electron chi connectivity index (χ0n) is 6.86. The monoisotopic (exact) mass is 199 g/mol. The molecule has 1 amide bonds. The van der Waals surface area contributed by atoms with Crippen molar-refractivity contribution in [3.8, 4) is 0 Å². The number of amides is 1. The lowest BCUT2D eigenvalue weighted by Crippen LogP contribution is -2.27. The van der Waals surface area contributed by atoms with Crippen LogP contribution in [0.1, 0.15) is 0 Å². The minimum absolute atomic E-state index is 0. The zero-order valence-corrected chi connectivity index (χ0v) is 7.67. The zero-order chi connectivity index (χ0) is 8.81. The summed E-state index contributed by atoms with van der Waals surface area (Å²) in [6.07, 6.45) is 7.65. The average Bonchev–Trinajstić information content (AvgIpc) is 2.33. The van der Waals surface area contributed by atoms with Gasteiger partial charge in [0.2, 0.25) is 5.91 Å². The number of carbonyl (C=O) groups is 1. The van der Waals surface area contributed by atoms with Crippen LogP contribution in [0.3, 0.4) is 0 Å². The van der Waals surface area contributed by atoms with Gasteiger partial charge < -0.3 is 10.6 Å². The normalized spacial score (nSPS) is 13.1. The predicted octanol–water partition coefficient (Wildman–Crippen LogP) is 0.697. The van der Waals surface area contributed by atoms with Gasteiger partial charge >= 0.3 is 0 Å². The third-order valence-corrected chi connectivity index (χ3v) is 1.17. The fourth-order valence-electron chi connectivity index (χ4n) is 0.647. The SMILES string of the molecule is C=CC(=O)NC1=CC=NC=CN1.Cl. The second-order valence-electron chi connectivity index (χ2n) is 2.03. The van der Waals surface area contributed by atoms with Crippen molar-refractivity contribution in [2.45, 2.75) is 0 Å². The van der Waals surface area contributed by atoms with Crippen molar-refractivity contribution in [3.63, 3.8) is 0 Å². The van der Waals surface area contributed by atoms with Gasteiger partial charge in [0, 0.05) is 18.6 Å². The molecule has 1 heterocycles. The van der Waals surface area contributed by atoms with E-state index in [0.29, 0.717) is 5.82 Å². The summed E-state index contributed by atoms with van der Waals surface area (Å²) < 4.78 is 0. The van der Waals surface area contributed by atoms with E-state index in [0.717, 1.165) is 0 Å². The van der Waals surface area contributed by atoms with Crippen LogP contribution < -0.4 is 10.6 Å². The van der Waals surface area contributed by atoms with Crippen molar-refractivity contribution < 1.29 is 4.79 Å². The van der Waals surface area contributed by atoms with Crippen molar-refractivity contribution >= 4 is 24.5 Å². The van der Waals surface area contributed by atoms with E-state index in [4.69, 9.17) is 0 Å². The Morgan fingerprint density at radius 2 is 2.46 bits per heavy atom. The van der Waals surface area contributed by atoms with Crippen molar-refractivity contribution in [2.75, 3.05) is 0 Å². The molecule has 0 saturated heterocycles. The second-order valence-corrected chi connectivity index (χ2v) is 2.03. The maximum atomic E-state index is 10.8. The number of nitrogens with zero attached hydrogens (tertiary/aromatic N) is 1. The molecule has 0 fully saturated rings. The number of nitrogens with one attached hydrogen (secondary N) is 2. The smallest absolute Gasteiger partial charge is 0.248 e. The molecule has 0 aromatic rings. The van der Waals surface area contributed by atoms with Gasteiger partial charge in [-0.1, -0.05) is 6.58 Å². The van der Waals surface area contributed by atoms with Crippen LogP contribution in [0.25, 0.3) is 0 Å². The summed E-state index contributed by atoms with van der Waals surface area (Å²) in [6.45, 7) is 3.33. The van der Waals surface area contributed by atoms with Crippen molar-refractivity contribution in [1.82, 2.24) is 10.6 Å². The van der Waals surface area contributed by atoms with Crippen LogP contribution >= 0.6 is 12.4 Å². The van der Waals surface area contributed by atoms with Gasteiger partial charge in [-0.25, -0.2) is 0 Å². The van der Waals surface area contributed by atoms with Crippen LogP contribution in [0.15, 0.2) is 41.9 Å². The molecular formula is C8H10ClN3O. The number of carbonyl (C=O) groups excluding carboxylic acids is 1. The van der Waals surface area contributed by atoms with Crippen LogP contribution in [0, 0.1) is 0 Å². The minimum atomic E-state index is -0.252. The van der Waals surface area contributed by atoms with Crippen LogP contribution in [-0.2, 0) is 4.79 Å². The Morgan fingerprint density at radius 1 is 1.69 bits per heavy atom. The topological polar surface area (TPSA) is 53.5 Å². The summed E-state index contributed by atoms with van der Waals surface area (Å²) in [4.78, 5) is 14.6. The third-order valence-electron chi connectivity index (χ3n) is 1.17. The van der Waals surface area contributed by atoms with Crippen LogP contribution in [0.5, 0.6) is 0 Å². The largest absolute Gasteiger partial charge is 0.347 e. The van der Waals surface area contributed by atoms with E-state index in [1.54, 1.807) is 24.7 Å². The lowest BCUT2D eigenvalue weighted by Gasteiger charge is -2.04. The minimum Gasteiger partial charge on any atom is -0.347 e. The quantitative estimate of drug-likeness (QED) is 0.644. The van der Waals surface area contributed by atoms with Gasteiger partial charge in [0.25, 0.3) is 0 Å². The Labute approximate surface area is 82.5 Å². The summed E-state index contributed by atoms with van der Waals surface area (Å²) in [7, 11) is 0. The molecule has 0 aromatic heterocycles. The van der Waals surface area contributed by atoms with E-state index < -0.39 is 0 Å². The van der Waals surface area contributed by atoms with Gasteiger partial charge in [-0.3, -0.25) is 9.79 Å². The molecule has 70 valence electrons. The molecule has 1 rings (SSSR count). The molecule has 0 spiro atoms. The molecule has 2 N–H and O–H groups in total. The first-order chi connectivity index (χ1) is 5.83. The van der Waals surface area contributed by atoms with Gasteiger partial charge in [0.15, 0.2) is 0 Å². The van der Waals surface area contributed by atoms with E-state index >= 15 is 0 Å². The fourth-order valence-corrected chi connectivity index (χ4v) is 0.647. The third kappa shape index (κ3) is 4.12. The molecular weight excluding hydrogens is 190 g/mol. The van der Waals surface area contributed by atoms with E-state index in [1.807, 2.05) is 0 Å². The van der Waals surface area contributed by atoms with Crippen molar-refractivity contribution in [3.05, 3.63) is 37.0 Å². The lowest BCUT2D eigenvalue weighted by atomic mass is 10.5. The Morgan fingerprint density at radius 3 is 3.15 bits per heavy atom. The average molecular weight is 200 g/mol. The summed E-state index contributed by atoms with van der Waals surface area (Å²) in [5.74, 6) is 0.329. The van der Waals surface area contributed by atoms with Gasteiger partial charge in [-0.15, -0.1) is 12.4 Å². The van der Waals surface area contributed by atoms with E-state index in [9.17, 15) is 4.79 Å². The highest BCUT2D eigenvalue weighted by atomic mass is 35.5. The molecule has 4 nitrogen and oxygen atoms in total. The van der Waals surface area contributed by atoms with E-state index in [1.165, 1.54) is 6.08 Å². The second kappa shape index (κ2) is 6.02. The molecule has 0 bridgehead atoms. The van der Waals surface area contributed by atoms with Gasteiger partial charge in [0.1, 0.15) is 5.82 Å². The number of aliphatic imine (C=N–C) groups is 1. The molecule has 0 aliphatic carbocycles. The molecule has 0 radical (unpaired) electrons. The first kappa shape index (κ1) is 11.4. The summed E-state index contributed by atoms with van der Waals surface area (Å²) in [6, 6.07) is 0. The number of hydrogen-bond donors (Lipinski definition) is 2. The van der Waals surface area contributed by atoms with E-state index in [2.05, 4.69) is 22.2 Å². The Hall–Kier alpha value is -1.55. The predicted molar refractivity (Wildman–Crippen MR) is 54.4 cm³/mol. The fraction of sp³-hybridized carbons (Fsp3) is 0. The first-order valence-corrected chi connectivity index (χ1v) is 3.41. The van der Waals surface area contributed by atoms with Gasteiger partial charge in [-0.05, 0) is 12.2 Å². The summed E-state index contributed by atoms with van der Waals surface area (Å²) >= 11 is 0. The van der Waals surface area contributed by atoms with Crippen LogP contribution in [-0.4, -0.2) is 12.1 Å². The van der Waals surface area contributed by atoms with Crippen LogP contribution in [0.4, 0.5) is 0 Å². The number of halogens is 1. The molecule has 0 saturated carbocycles. The summed E-state index contributed by atoms with van der Waals surface area (Å²) in [5, 5.41) is 5.38. The van der Waals surface area contributed by atoms with Crippen molar-refractivity contribution in [1.29, 1.82) is 0 Å². The van der Waals surface area contributed by atoms with E-state index in [-0.39, 0.29) is 18.3 Å². The number of allylic oxidation sites excluding steroid dienone is 1. The van der Waals surface area contributed by atoms with Crippen LogP contribution in [0.2, 0.25) is 0 Å². The van der Waals surface area contributed by atoms with Crippen molar-refractivity contribution in [2.24, 2.45) is 4.99 Å². The highest BCUT2D eigenvalue weighted by Crippen LogP contribution is 1.87. The number of hydrogen-bond acceptors (Lipinski definition) is 3. The molecule has 1 aliphatic rings. The maximum absolute atomic E-state index is 10.8. The molecule has 0 atom stereocenters. The molecule has 5 heteroatoms. The molecule has 1 aliphatic heterocycles.